The van der Waals surface area contributed by atoms with E-state index >= 15 is 19.2 Å². The molecule has 2 aromatic carbocycles. The third kappa shape index (κ3) is 28.9. The van der Waals surface area contributed by atoms with Gasteiger partial charge in [0.05, 0.1) is 30.1 Å². The molecule has 4 rings (SSSR count). The number of hydrogen-bond acceptors (Lipinski definition) is 17. The summed E-state index contributed by atoms with van der Waals surface area (Å²) in [6.45, 7) is 30.0. The Morgan fingerprint density at radius 2 is 1.07 bits per heavy atom. The number of likely N-dealkylation sites (N-methyl/N-ethyl adjacent to an activating group) is 7. The van der Waals surface area contributed by atoms with Gasteiger partial charge in [-0.2, -0.15) is 18.3 Å². The van der Waals surface area contributed by atoms with Gasteiger partial charge in [0, 0.05) is 90.7 Å². The molecule has 1 aromatic heterocycles. The smallest absolute Gasteiger partial charge is 0.390 e. The van der Waals surface area contributed by atoms with E-state index in [1.165, 1.54) is 125 Å². The molecule has 1 aliphatic heterocycles. The summed E-state index contributed by atoms with van der Waals surface area (Å²) in [6, 6.07) is -4.51. The molecular weight excluding hydrogens is 1610 g/mol. The van der Waals surface area contributed by atoms with Crippen LogP contribution in [0.25, 0.3) is 5.69 Å². The minimum atomic E-state index is -5.11. The molecule has 0 spiro atoms. The summed E-state index contributed by atoms with van der Waals surface area (Å²) in [5, 5.41) is 34.9. The normalized spacial score (nSPS) is 22.1. The summed E-state index contributed by atoms with van der Waals surface area (Å²) >= 11 is 6.15. The summed E-state index contributed by atoms with van der Waals surface area (Å²) < 4.78 is 44.7. The summed E-state index contributed by atoms with van der Waals surface area (Å²) in [5.74, 6) is -14.1. The lowest BCUT2D eigenvalue weighted by atomic mass is 9.90. The van der Waals surface area contributed by atoms with E-state index in [9.17, 15) is 71.0 Å². The van der Waals surface area contributed by atoms with Gasteiger partial charge in [0.1, 0.15) is 60.4 Å². The molecule has 122 heavy (non-hydrogen) atoms. The number of ketones is 1. The van der Waals surface area contributed by atoms with E-state index in [4.69, 9.17) is 11.6 Å². The zero-order valence-corrected chi connectivity index (χ0v) is 75.6. The minimum absolute atomic E-state index is 0.00994. The molecule has 12 atom stereocenters. The van der Waals surface area contributed by atoms with Gasteiger partial charge in [0.25, 0.3) is 5.91 Å². The minimum Gasteiger partial charge on any atom is -0.390 e. The van der Waals surface area contributed by atoms with Gasteiger partial charge in [0.2, 0.25) is 76.8 Å². The summed E-state index contributed by atoms with van der Waals surface area (Å²) in [7, 11) is 9.51. The van der Waals surface area contributed by atoms with Crippen LogP contribution < -0.4 is 37.2 Å². The highest BCUT2D eigenvalue weighted by atomic mass is 35.5. The third-order valence-corrected chi connectivity index (χ3v) is 21.8. The maximum absolute atomic E-state index is 15.6. The van der Waals surface area contributed by atoms with Crippen LogP contribution in [0.3, 0.4) is 0 Å². The van der Waals surface area contributed by atoms with Gasteiger partial charge in [-0.05, 0) is 155 Å². The fourth-order valence-corrected chi connectivity index (χ4v) is 14.8. The second kappa shape index (κ2) is 46.8. The highest BCUT2D eigenvalue weighted by molar-refractivity contribution is 6.31. The lowest BCUT2D eigenvalue weighted by molar-refractivity contribution is -0.157. The molecule has 0 radical (unpaired) electrons. The SMILES string of the molecule is C=CC(=O)Nc1cc(Cl)cc(NC(=O)c2cnn(-c3ccc(C(=O)CCCNC(=O)CCC[C@@H](C)[C@@H](O)[C@H]4C(=O)N[C@@H](CC)C(=O)N(C)CC(=O)N(C)[C@@H](CC(C)C)C(=O)N[C@@H](C(C)C)C(=O)N(C)[C@@H](CC(C)C)C(=O)N[C@@H](C)C(=O)N[C@H](C)C(=O)N(C)[C@@H](CC(C)C)C(=O)N(C)[C@@H](CC(C)C)C(=O)N(C)[C@@H](C(C)C)C(=O)N4C)cc3)c2C(F)(F)F)c1. The lowest BCUT2D eigenvalue weighted by Gasteiger charge is -2.41. The number of aliphatic hydroxyl groups is 1. The van der Waals surface area contributed by atoms with Gasteiger partial charge in [-0.1, -0.05) is 115 Å². The van der Waals surface area contributed by atoms with Crippen LogP contribution in [0.4, 0.5) is 24.5 Å². The molecule has 1 fully saturated rings. The predicted molar refractivity (Wildman–Crippen MR) is 456 cm³/mol. The van der Waals surface area contributed by atoms with Crippen LogP contribution >= 0.6 is 11.6 Å². The largest absolute Gasteiger partial charge is 0.434 e. The Morgan fingerprint density at radius 3 is 1.58 bits per heavy atom. The number of aromatic nitrogens is 2. The molecule has 8 N–H and O–H groups in total. The number of benzene rings is 2. The highest BCUT2D eigenvalue weighted by Crippen LogP contribution is 2.36. The number of nitrogens with zero attached hydrogens (tertiary/aromatic N) is 9. The second-order valence-electron chi connectivity index (χ2n) is 34.3. The van der Waals surface area contributed by atoms with E-state index < -0.39 is 197 Å². The van der Waals surface area contributed by atoms with E-state index in [0.29, 0.717) is 4.68 Å². The molecule has 0 saturated carbocycles. The van der Waals surface area contributed by atoms with Crippen LogP contribution in [0.1, 0.15) is 201 Å². The van der Waals surface area contributed by atoms with Crippen molar-refractivity contribution in [2.24, 2.45) is 41.4 Å². The zero-order valence-electron chi connectivity index (χ0n) is 74.9. The van der Waals surface area contributed by atoms with Crippen molar-refractivity contribution in [2.45, 2.75) is 248 Å². The topological polar surface area (TPSA) is 401 Å². The van der Waals surface area contributed by atoms with E-state index in [1.807, 2.05) is 55.4 Å². The number of carbonyl (C=O) groups excluding carboxylic acids is 15. The molecule has 678 valence electrons. The molecule has 32 nitrogen and oxygen atoms in total. The van der Waals surface area contributed by atoms with Crippen molar-refractivity contribution in [2.75, 3.05) is 73.1 Å². The summed E-state index contributed by atoms with van der Waals surface area (Å²) in [4.78, 5) is 223. The number of rotatable bonds is 27. The van der Waals surface area contributed by atoms with E-state index in [2.05, 4.69) is 48.9 Å². The first kappa shape index (κ1) is 104. The Labute approximate surface area is 720 Å². The molecule has 2 heterocycles. The summed E-state index contributed by atoms with van der Waals surface area (Å²) in [5.41, 5.74) is -2.21. The molecule has 14 amide bonds. The van der Waals surface area contributed by atoms with E-state index in [1.54, 1.807) is 41.5 Å². The van der Waals surface area contributed by atoms with Crippen molar-refractivity contribution in [3.8, 4) is 5.69 Å². The number of amides is 14. The first-order valence-electron chi connectivity index (χ1n) is 41.6. The van der Waals surface area contributed by atoms with Crippen molar-refractivity contribution in [1.82, 2.24) is 70.7 Å². The van der Waals surface area contributed by atoms with Gasteiger partial charge >= 0.3 is 6.18 Å². The molecular formula is C86H130ClF3N16O16. The van der Waals surface area contributed by atoms with Crippen molar-refractivity contribution in [3.63, 3.8) is 0 Å². The standard InChI is InChI=1S/C86H130ClF3N16O16/c1-25-61-81(118)99(18)45-69(110)100(19)62(37-46(3)4)78(115)98-70(50(11)12)84(121)101(20)63(38-47(5)6)77(114)93-53(16)75(112)94-54(17)80(117)102(21)64(39-48(7)8)82(119)103(22)65(40-49(9)10)83(120)104(23)71(51(13)14)85(122)105(24)72(79(116)97-61)73(111)52(15)29-27-31-68(109)91-36-28-30-66(107)55-32-34-59(35-33-55)106-74(86(88,89)90)60(44-92-106)76(113)96-58-42-56(87)41-57(43-58)95-67(108)26-2/h26,32-35,41-44,46-54,61-65,70-73,111H,2,25,27-31,36-40,45H2,1,3-24H3,(H,91,109)(H,93,114)(H,94,112)(H,95,108)(H,96,113)(H,97,116)(H,98,115)/t52-,53+,54-,61+,62+,63+,64+,65+,70+,71+,72+,73-/m1/s1. The first-order valence-corrected chi connectivity index (χ1v) is 41.9. The number of hydrogen-bond donors (Lipinski definition) is 8. The van der Waals surface area contributed by atoms with Crippen LogP contribution in [0, 0.1) is 41.4 Å². The van der Waals surface area contributed by atoms with Crippen LogP contribution in [0.5, 0.6) is 0 Å². The third-order valence-electron chi connectivity index (χ3n) is 21.6. The number of anilines is 2. The Kier molecular flexibility index (Phi) is 39.9. The van der Waals surface area contributed by atoms with Gasteiger partial charge in [-0.25, -0.2) is 4.68 Å². The van der Waals surface area contributed by atoms with Crippen LogP contribution in [0.2, 0.25) is 5.02 Å². The van der Waals surface area contributed by atoms with Crippen molar-refractivity contribution < 1.29 is 90.2 Å². The number of nitrogens with one attached hydrogen (secondary N) is 7. The van der Waals surface area contributed by atoms with Crippen LogP contribution in [-0.2, 0) is 68.5 Å². The van der Waals surface area contributed by atoms with Crippen molar-refractivity contribution in [3.05, 3.63) is 83.2 Å². The monoisotopic (exact) mass is 1730 g/mol. The summed E-state index contributed by atoms with van der Waals surface area (Å²) in [6.07, 6.45) is -4.88. The first-order chi connectivity index (χ1) is 56.7. The number of Topliss-reactive ketones (excluding diaryl/α,β-unsaturated/α-hetero) is 1. The average molecular weight is 1740 g/mol. The number of aliphatic hydroxyl groups excluding tert-OH is 1. The fourth-order valence-electron chi connectivity index (χ4n) is 14.6. The number of carbonyl (C=O) groups is 15. The molecule has 1 saturated heterocycles. The van der Waals surface area contributed by atoms with Crippen molar-refractivity contribution >= 4 is 111 Å². The molecule has 3 aromatic rings. The second-order valence-corrected chi connectivity index (χ2v) is 34.7. The number of halogens is 4. The van der Waals surface area contributed by atoms with Gasteiger partial charge < -0.3 is 76.6 Å². The molecule has 0 bridgehead atoms. The van der Waals surface area contributed by atoms with E-state index in [0.717, 1.165) is 27.0 Å². The maximum atomic E-state index is 15.6. The quantitative estimate of drug-likeness (QED) is 0.0208. The Hall–Kier alpha value is -10.3. The maximum Gasteiger partial charge on any atom is 0.434 e. The highest BCUT2D eigenvalue weighted by Gasteiger charge is 2.47. The van der Waals surface area contributed by atoms with Crippen LogP contribution in [0.15, 0.2) is 61.3 Å². The zero-order chi connectivity index (χ0) is 92.7. The lowest BCUT2D eigenvalue weighted by Crippen LogP contribution is -2.63. The molecule has 0 aliphatic carbocycles. The molecule has 0 unspecified atom stereocenters. The molecule has 36 heteroatoms. The van der Waals surface area contributed by atoms with Gasteiger partial charge in [0.15, 0.2) is 11.5 Å². The number of alkyl halides is 3. The average Bonchev–Trinajstić information content (AvgIpc) is 1.67. The van der Waals surface area contributed by atoms with E-state index in [-0.39, 0.29) is 122 Å². The Bertz CT molecular complexity index is 4210. The Balaban J connectivity index is 1.70. The Morgan fingerprint density at radius 1 is 0.574 bits per heavy atom. The van der Waals surface area contributed by atoms with Crippen molar-refractivity contribution in [1.29, 1.82) is 0 Å². The van der Waals surface area contributed by atoms with Crippen LogP contribution in [-0.4, -0.2) is 267 Å². The predicted octanol–water partition coefficient (Wildman–Crippen LogP) is 7.49. The fraction of sp³-hybridized carbons (Fsp3) is 0.628. The molecule has 1 aliphatic rings. The van der Waals surface area contributed by atoms with Gasteiger partial charge in [-0.3, -0.25) is 71.9 Å². The van der Waals surface area contributed by atoms with Gasteiger partial charge in [-0.15, -0.1) is 0 Å².